The molecule has 10 heteroatoms. The molecular formula is C15H14Cl2N2O5S. The van der Waals surface area contributed by atoms with Gasteiger partial charge in [0.2, 0.25) is 0 Å². The molecular weight excluding hydrogens is 391 g/mol. The fourth-order valence-corrected chi connectivity index (χ4v) is 3.35. The van der Waals surface area contributed by atoms with E-state index < -0.39 is 22.5 Å². The molecule has 7 nitrogen and oxygen atoms in total. The molecule has 0 radical (unpaired) electrons. The van der Waals surface area contributed by atoms with Crippen LogP contribution in [-0.2, 0) is 14.8 Å². The van der Waals surface area contributed by atoms with Crippen LogP contribution < -0.4 is 19.7 Å². The van der Waals surface area contributed by atoms with Gasteiger partial charge in [0.25, 0.3) is 15.9 Å². The van der Waals surface area contributed by atoms with E-state index in [1.54, 1.807) is 24.3 Å². The molecule has 1 amide bonds. The summed E-state index contributed by atoms with van der Waals surface area (Å²) in [4.78, 5) is 13.4. The molecule has 2 rings (SSSR count). The predicted molar refractivity (Wildman–Crippen MR) is 93.4 cm³/mol. The second kappa shape index (κ2) is 8.39. The third-order valence-electron chi connectivity index (χ3n) is 2.96. The Morgan fingerprint density at radius 2 is 1.72 bits per heavy atom. The summed E-state index contributed by atoms with van der Waals surface area (Å²) < 4.78 is 34.5. The number of carbonyl (C=O) groups excluding carboxylic acids is 1. The molecule has 0 spiro atoms. The smallest absolute Gasteiger partial charge is 0.272 e. The van der Waals surface area contributed by atoms with Gasteiger partial charge in [-0.05, 0) is 36.4 Å². The van der Waals surface area contributed by atoms with Gasteiger partial charge in [-0.1, -0.05) is 29.3 Å². The van der Waals surface area contributed by atoms with Gasteiger partial charge in [0, 0.05) is 0 Å². The normalized spacial score (nSPS) is 11.0. The van der Waals surface area contributed by atoms with Crippen molar-refractivity contribution in [3.8, 4) is 11.5 Å². The fourth-order valence-electron chi connectivity index (χ4n) is 1.73. The predicted octanol–water partition coefficient (Wildman–Crippen LogP) is 2.39. The van der Waals surface area contributed by atoms with Crippen molar-refractivity contribution >= 4 is 39.1 Å². The van der Waals surface area contributed by atoms with Gasteiger partial charge in [0.1, 0.15) is 16.4 Å². The molecule has 0 unspecified atom stereocenters. The van der Waals surface area contributed by atoms with E-state index >= 15 is 0 Å². The topological polar surface area (TPSA) is 93.7 Å². The van der Waals surface area contributed by atoms with Crippen LogP contribution in [0.25, 0.3) is 0 Å². The van der Waals surface area contributed by atoms with E-state index in [1.165, 1.54) is 25.3 Å². The summed E-state index contributed by atoms with van der Waals surface area (Å²) in [7, 11) is -2.54. The molecule has 0 atom stereocenters. The van der Waals surface area contributed by atoms with Crippen molar-refractivity contribution in [3.63, 3.8) is 0 Å². The third-order valence-corrected chi connectivity index (χ3v) is 5.18. The second-order valence-corrected chi connectivity index (χ2v) is 7.11. The van der Waals surface area contributed by atoms with Gasteiger partial charge in [-0.15, -0.1) is 4.83 Å². The molecule has 0 aliphatic rings. The van der Waals surface area contributed by atoms with E-state index in [-0.39, 0.29) is 14.9 Å². The maximum absolute atomic E-state index is 12.1. The standard InChI is InChI=1S/C15H14Cl2N2O5S/c1-23-10-5-7-11(8-6-10)24-9-14(20)18-19-25(21,22)13-4-2-3-12(16)15(13)17/h2-8,19H,9H2,1H3,(H,18,20). The lowest BCUT2D eigenvalue weighted by Crippen LogP contribution is -2.43. The first kappa shape index (κ1) is 19.3. The molecule has 0 aliphatic carbocycles. The van der Waals surface area contributed by atoms with Crippen LogP contribution in [0.15, 0.2) is 47.4 Å². The summed E-state index contributed by atoms with van der Waals surface area (Å²) in [6.45, 7) is -0.391. The molecule has 0 aromatic heterocycles. The maximum Gasteiger partial charge on any atom is 0.272 e. The fraction of sp³-hybridized carbons (Fsp3) is 0.133. The van der Waals surface area contributed by atoms with Gasteiger partial charge in [-0.25, -0.2) is 8.42 Å². The van der Waals surface area contributed by atoms with Crippen LogP contribution in [-0.4, -0.2) is 28.0 Å². The minimum atomic E-state index is -4.07. The van der Waals surface area contributed by atoms with Crippen molar-refractivity contribution in [2.45, 2.75) is 4.90 Å². The first-order valence-electron chi connectivity index (χ1n) is 6.85. The number of sulfonamides is 1. The highest BCUT2D eigenvalue weighted by Crippen LogP contribution is 2.28. The van der Waals surface area contributed by atoms with Crippen LogP contribution in [0.3, 0.4) is 0 Å². The summed E-state index contributed by atoms with van der Waals surface area (Å²) in [5, 5.41) is -0.0564. The summed E-state index contributed by atoms with van der Waals surface area (Å²) in [6, 6.07) is 10.7. The average molecular weight is 405 g/mol. The number of halogens is 2. The lowest BCUT2D eigenvalue weighted by Gasteiger charge is -2.11. The number of nitrogens with one attached hydrogen (secondary N) is 2. The molecule has 0 saturated carbocycles. The van der Waals surface area contributed by atoms with Crippen LogP contribution >= 0.6 is 23.2 Å². The number of hydrazine groups is 1. The minimum absolute atomic E-state index is 0.0821. The SMILES string of the molecule is COc1ccc(OCC(=O)NNS(=O)(=O)c2cccc(Cl)c2Cl)cc1. The number of hydrogen-bond donors (Lipinski definition) is 2. The summed E-state index contributed by atoms with van der Waals surface area (Å²) in [6.07, 6.45) is 0. The van der Waals surface area contributed by atoms with Crippen LogP contribution in [0.5, 0.6) is 11.5 Å². The molecule has 134 valence electrons. The van der Waals surface area contributed by atoms with E-state index in [0.717, 1.165) is 0 Å². The molecule has 2 N–H and O–H groups in total. The molecule has 0 saturated heterocycles. The zero-order valence-electron chi connectivity index (χ0n) is 13.0. The quantitative estimate of drug-likeness (QED) is 0.690. The van der Waals surface area contributed by atoms with E-state index in [2.05, 4.69) is 0 Å². The molecule has 0 aliphatic heterocycles. The maximum atomic E-state index is 12.1. The zero-order valence-corrected chi connectivity index (χ0v) is 15.3. The minimum Gasteiger partial charge on any atom is -0.497 e. The van der Waals surface area contributed by atoms with Crippen molar-refractivity contribution in [3.05, 3.63) is 52.5 Å². The van der Waals surface area contributed by atoms with Crippen molar-refractivity contribution in [1.82, 2.24) is 10.3 Å². The number of rotatable bonds is 7. The van der Waals surface area contributed by atoms with Crippen molar-refractivity contribution in [2.75, 3.05) is 13.7 Å². The van der Waals surface area contributed by atoms with Crippen molar-refractivity contribution in [2.24, 2.45) is 0 Å². The molecule has 2 aromatic rings. The number of benzene rings is 2. The lowest BCUT2D eigenvalue weighted by molar-refractivity contribution is -0.123. The van der Waals surface area contributed by atoms with Crippen LogP contribution in [0.1, 0.15) is 0 Å². The molecule has 0 heterocycles. The van der Waals surface area contributed by atoms with Crippen molar-refractivity contribution in [1.29, 1.82) is 0 Å². The van der Waals surface area contributed by atoms with Crippen molar-refractivity contribution < 1.29 is 22.7 Å². The molecule has 0 bridgehead atoms. The Morgan fingerprint density at radius 3 is 2.36 bits per heavy atom. The molecule has 2 aromatic carbocycles. The number of carbonyl (C=O) groups is 1. The van der Waals surface area contributed by atoms with Crippen LogP contribution in [0.4, 0.5) is 0 Å². The second-order valence-electron chi connectivity index (χ2n) is 4.67. The van der Waals surface area contributed by atoms with E-state index in [0.29, 0.717) is 11.5 Å². The summed E-state index contributed by atoms with van der Waals surface area (Å²) >= 11 is 11.6. The van der Waals surface area contributed by atoms with E-state index in [4.69, 9.17) is 32.7 Å². The Balaban J connectivity index is 1.91. The Morgan fingerprint density at radius 1 is 1.08 bits per heavy atom. The first-order valence-corrected chi connectivity index (χ1v) is 9.09. The van der Waals surface area contributed by atoms with E-state index in [9.17, 15) is 13.2 Å². The van der Waals surface area contributed by atoms with Gasteiger partial charge < -0.3 is 9.47 Å². The first-order chi connectivity index (χ1) is 11.8. The summed E-state index contributed by atoms with van der Waals surface area (Å²) in [5.74, 6) is 0.372. The monoisotopic (exact) mass is 404 g/mol. The highest BCUT2D eigenvalue weighted by Gasteiger charge is 2.20. The van der Waals surface area contributed by atoms with Gasteiger partial charge >= 0.3 is 0 Å². The Labute approximate surface area is 154 Å². The molecule has 25 heavy (non-hydrogen) atoms. The zero-order chi connectivity index (χ0) is 18.4. The van der Waals surface area contributed by atoms with E-state index in [1.807, 2.05) is 10.3 Å². The Kier molecular flexibility index (Phi) is 6.49. The third kappa shape index (κ3) is 5.23. The Bertz CT molecular complexity index is 857. The lowest BCUT2D eigenvalue weighted by atomic mass is 10.3. The molecule has 0 fully saturated rings. The number of methoxy groups -OCH3 is 1. The number of ether oxygens (including phenoxy) is 2. The van der Waals surface area contributed by atoms with Crippen LogP contribution in [0.2, 0.25) is 10.0 Å². The highest BCUT2D eigenvalue weighted by atomic mass is 35.5. The number of amides is 1. The van der Waals surface area contributed by atoms with Gasteiger partial charge in [0.15, 0.2) is 6.61 Å². The Hall–Kier alpha value is -2.00. The van der Waals surface area contributed by atoms with Gasteiger partial charge in [0.05, 0.1) is 17.2 Å². The highest BCUT2D eigenvalue weighted by molar-refractivity contribution is 7.89. The number of hydrogen-bond acceptors (Lipinski definition) is 5. The van der Waals surface area contributed by atoms with Crippen LogP contribution in [0, 0.1) is 0 Å². The van der Waals surface area contributed by atoms with Gasteiger partial charge in [-0.2, -0.15) is 0 Å². The van der Waals surface area contributed by atoms with Gasteiger partial charge in [-0.3, -0.25) is 10.2 Å². The largest absolute Gasteiger partial charge is 0.497 e. The summed E-state index contributed by atoms with van der Waals surface area (Å²) in [5.41, 5.74) is 2.03. The average Bonchev–Trinajstić information content (AvgIpc) is 2.61.